The first-order valence-electron chi connectivity index (χ1n) is 10.3. The van der Waals surface area contributed by atoms with Crippen molar-refractivity contribution in [2.45, 2.75) is 58.1 Å². The number of fused-ring (bicyclic) bond motifs is 1. The van der Waals surface area contributed by atoms with Crippen molar-refractivity contribution in [1.29, 1.82) is 0 Å². The minimum absolute atomic E-state index is 0.0519. The standard InChI is InChI=1S/C23H24N2O4S/c1-14-18-21(30-20(14)23(28)29-17-11-7-4-8-12-17)24-13-25(22(18)27)15(2)19(26)16-9-5-3-6-10-16/h3,5-6,9-10,13,15,17H,4,7-8,11-12H2,1-2H3. The lowest BCUT2D eigenvalue weighted by Gasteiger charge is -2.21. The van der Waals surface area contributed by atoms with E-state index in [1.54, 1.807) is 38.1 Å². The zero-order valence-electron chi connectivity index (χ0n) is 17.1. The molecule has 0 aliphatic heterocycles. The highest BCUT2D eigenvalue weighted by molar-refractivity contribution is 7.20. The summed E-state index contributed by atoms with van der Waals surface area (Å²) in [6.45, 7) is 3.43. The molecule has 1 aliphatic carbocycles. The molecule has 6 nitrogen and oxygen atoms in total. The summed E-state index contributed by atoms with van der Waals surface area (Å²) in [5.41, 5.74) is 0.792. The van der Waals surface area contributed by atoms with Gasteiger partial charge in [-0.25, -0.2) is 9.78 Å². The van der Waals surface area contributed by atoms with Gasteiger partial charge in [-0.05, 0) is 45.1 Å². The Hall–Kier alpha value is -2.80. The molecule has 0 bridgehead atoms. The number of esters is 1. The average molecular weight is 425 g/mol. The molecule has 30 heavy (non-hydrogen) atoms. The van der Waals surface area contributed by atoms with E-state index in [1.165, 1.54) is 28.7 Å². The predicted molar refractivity (Wildman–Crippen MR) is 116 cm³/mol. The van der Waals surface area contributed by atoms with E-state index in [0.717, 1.165) is 25.7 Å². The van der Waals surface area contributed by atoms with Crippen LogP contribution in [0.2, 0.25) is 0 Å². The maximum Gasteiger partial charge on any atom is 0.348 e. The Morgan fingerprint density at radius 1 is 1.17 bits per heavy atom. The van der Waals surface area contributed by atoms with Crippen molar-refractivity contribution in [2.75, 3.05) is 0 Å². The van der Waals surface area contributed by atoms with E-state index in [-0.39, 0.29) is 23.4 Å². The third kappa shape index (κ3) is 3.81. The smallest absolute Gasteiger partial charge is 0.348 e. The lowest BCUT2D eigenvalue weighted by molar-refractivity contribution is 0.0216. The van der Waals surface area contributed by atoms with Crippen LogP contribution in [0.25, 0.3) is 10.2 Å². The van der Waals surface area contributed by atoms with Crippen molar-refractivity contribution in [3.63, 3.8) is 0 Å². The van der Waals surface area contributed by atoms with Gasteiger partial charge in [-0.1, -0.05) is 36.8 Å². The van der Waals surface area contributed by atoms with Crippen LogP contribution in [-0.4, -0.2) is 27.4 Å². The molecule has 0 saturated heterocycles. The molecule has 156 valence electrons. The van der Waals surface area contributed by atoms with Crippen molar-refractivity contribution in [3.05, 3.63) is 63.0 Å². The number of aryl methyl sites for hydroxylation is 1. The number of benzene rings is 1. The number of Topliss-reactive ketones (excluding diaryl/α,β-unsaturated/α-hetero) is 1. The highest BCUT2D eigenvalue weighted by Gasteiger charge is 2.26. The number of rotatable bonds is 5. The SMILES string of the molecule is Cc1c(C(=O)OC2CCCCC2)sc2ncn(C(C)C(=O)c3ccccc3)c(=O)c12. The Bertz CT molecular complexity index is 1140. The second-order valence-corrected chi connectivity index (χ2v) is 8.76. The Labute approximate surface area is 178 Å². The van der Waals surface area contributed by atoms with Crippen LogP contribution < -0.4 is 5.56 Å². The van der Waals surface area contributed by atoms with E-state index >= 15 is 0 Å². The van der Waals surface area contributed by atoms with Gasteiger partial charge >= 0.3 is 5.97 Å². The number of aromatic nitrogens is 2. The second kappa shape index (κ2) is 8.52. The monoisotopic (exact) mass is 424 g/mol. The van der Waals surface area contributed by atoms with Gasteiger partial charge in [0.15, 0.2) is 5.78 Å². The Kier molecular flexibility index (Phi) is 5.81. The lowest BCUT2D eigenvalue weighted by Crippen LogP contribution is -2.28. The van der Waals surface area contributed by atoms with Crippen LogP contribution in [0.1, 0.15) is 70.7 Å². The van der Waals surface area contributed by atoms with E-state index in [2.05, 4.69) is 4.98 Å². The van der Waals surface area contributed by atoms with Crippen molar-refractivity contribution in [2.24, 2.45) is 0 Å². The van der Waals surface area contributed by atoms with E-state index in [0.29, 0.717) is 26.2 Å². The number of ether oxygens (including phenoxy) is 1. The fraction of sp³-hybridized carbons (Fsp3) is 0.391. The molecule has 0 radical (unpaired) electrons. The molecule has 1 aromatic carbocycles. The van der Waals surface area contributed by atoms with Gasteiger partial charge in [0.2, 0.25) is 0 Å². The van der Waals surface area contributed by atoms with Crippen LogP contribution >= 0.6 is 11.3 Å². The maximum atomic E-state index is 13.2. The molecule has 0 spiro atoms. The summed E-state index contributed by atoms with van der Waals surface area (Å²) in [6.07, 6.45) is 6.44. The van der Waals surface area contributed by atoms with Gasteiger partial charge in [-0.2, -0.15) is 0 Å². The van der Waals surface area contributed by atoms with Crippen LogP contribution in [0.5, 0.6) is 0 Å². The number of hydrogen-bond donors (Lipinski definition) is 0. The number of carbonyl (C=O) groups is 2. The molecule has 3 aromatic rings. The largest absolute Gasteiger partial charge is 0.458 e. The number of ketones is 1. The topological polar surface area (TPSA) is 78.3 Å². The first kappa shape index (κ1) is 20.5. The summed E-state index contributed by atoms with van der Waals surface area (Å²) < 4.78 is 7.02. The fourth-order valence-corrected chi connectivity index (χ4v) is 4.99. The summed E-state index contributed by atoms with van der Waals surface area (Å²) in [6, 6.07) is 8.17. The number of carbonyl (C=O) groups excluding carboxylic acids is 2. The van der Waals surface area contributed by atoms with Crippen LogP contribution in [0.15, 0.2) is 41.5 Å². The molecule has 1 saturated carbocycles. The van der Waals surface area contributed by atoms with Gasteiger partial charge in [0, 0.05) is 5.56 Å². The van der Waals surface area contributed by atoms with Crippen molar-refractivity contribution >= 4 is 33.3 Å². The van der Waals surface area contributed by atoms with Crippen LogP contribution in [0, 0.1) is 6.92 Å². The van der Waals surface area contributed by atoms with Gasteiger partial charge in [0.05, 0.1) is 17.8 Å². The Balaban J connectivity index is 1.65. The minimum atomic E-state index is -0.700. The summed E-state index contributed by atoms with van der Waals surface area (Å²) in [4.78, 5) is 44.0. The average Bonchev–Trinajstić information content (AvgIpc) is 3.11. The molecule has 0 N–H and O–H groups in total. The first-order chi connectivity index (χ1) is 14.5. The van der Waals surface area contributed by atoms with Crippen LogP contribution in [0.4, 0.5) is 0 Å². The molecule has 1 unspecified atom stereocenters. The molecule has 2 heterocycles. The molecule has 1 atom stereocenters. The van der Waals surface area contributed by atoms with Crippen molar-refractivity contribution in [3.8, 4) is 0 Å². The van der Waals surface area contributed by atoms with E-state index in [1.807, 2.05) is 6.07 Å². The fourth-order valence-electron chi connectivity index (χ4n) is 3.97. The zero-order valence-corrected chi connectivity index (χ0v) is 17.9. The number of hydrogen-bond acceptors (Lipinski definition) is 6. The van der Waals surface area contributed by atoms with Crippen molar-refractivity contribution in [1.82, 2.24) is 9.55 Å². The van der Waals surface area contributed by atoms with E-state index < -0.39 is 6.04 Å². The first-order valence-corrected chi connectivity index (χ1v) is 11.1. The second-order valence-electron chi connectivity index (χ2n) is 7.76. The summed E-state index contributed by atoms with van der Waals surface area (Å²) in [5, 5.41) is 0.380. The Morgan fingerprint density at radius 3 is 2.57 bits per heavy atom. The summed E-state index contributed by atoms with van der Waals surface area (Å²) in [7, 11) is 0. The molecule has 1 fully saturated rings. The maximum absolute atomic E-state index is 13.2. The highest BCUT2D eigenvalue weighted by Crippen LogP contribution is 2.30. The molecular weight excluding hydrogens is 400 g/mol. The minimum Gasteiger partial charge on any atom is -0.458 e. The molecule has 7 heteroatoms. The molecule has 0 amide bonds. The normalized spacial score (nSPS) is 15.8. The zero-order chi connectivity index (χ0) is 21.3. The lowest BCUT2D eigenvalue weighted by atomic mass is 9.98. The molecule has 1 aliphatic rings. The predicted octanol–water partition coefficient (Wildman–Crippen LogP) is 4.70. The Morgan fingerprint density at radius 2 is 1.87 bits per heavy atom. The highest BCUT2D eigenvalue weighted by atomic mass is 32.1. The van der Waals surface area contributed by atoms with Crippen molar-refractivity contribution < 1.29 is 14.3 Å². The van der Waals surface area contributed by atoms with E-state index in [9.17, 15) is 14.4 Å². The summed E-state index contributed by atoms with van der Waals surface area (Å²) >= 11 is 1.18. The molecule has 2 aromatic heterocycles. The van der Waals surface area contributed by atoms with Gasteiger partial charge in [-0.3, -0.25) is 14.2 Å². The van der Waals surface area contributed by atoms with Gasteiger partial charge in [0.1, 0.15) is 15.8 Å². The number of nitrogens with zero attached hydrogens (tertiary/aromatic N) is 2. The van der Waals surface area contributed by atoms with Gasteiger partial charge < -0.3 is 4.74 Å². The number of thiophene rings is 1. The van der Waals surface area contributed by atoms with Gasteiger partial charge in [0.25, 0.3) is 5.56 Å². The summed E-state index contributed by atoms with van der Waals surface area (Å²) in [5.74, 6) is -0.551. The molecule has 4 rings (SSSR count). The van der Waals surface area contributed by atoms with E-state index in [4.69, 9.17) is 4.74 Å². The van der Waals surface area contributed by atoms with Crippen LogP contribution in [0.3, 0.4) is 0 Å². The third-order valence-electron chi connectivity index (χ3n) is 5.74. The quantitative estimate of drug-likeness (QED) is 0.438. The third-order valence-corrected chi connectivity index (χ3v) is 6.92. The van der Waals surface area contributed by atoms with Gasteiger partial charge in [-0.15, -0.1) is 11.3 Å². The van der Waals surface area contributed by atoms with Crippen LogP contribution in [-0.2, 0) is 4.74 Å². The molecular formula is C23H24N2O4S.